The van der Waals surface area contributed by atoms with Gasteiger partial charge in [0.05, 0.1) is 0 Å². The lowest BCUT2D eigenvalue weighted by molar-refractivity contribution is 1.32. The van der Waals surface area contributed by atoms with Gasteiger partial charge in [-0.15, -0.1) is 0 Å². The van der Waals surface area contributed by atoms with E-state index in [2.05, 4.69) is 37.0 Å². The largest absolute Gasteiger partial charge is 0.346 e. The van der Waals surface area contributed by atoms with Crippen molar-refractivity contribution in [1.29, 1.82) is 0 Å². The van der Waals surface area contributed by atoms with E-state index in [0.717, 1.165) is 16.6 Å². The summed E-state index contributed by atoms with van der Waals surface area (Å²) in [4.78, 5) is 9.98. The molecule has 0 aliphatic heterocycles. The average molecular weight is 168 g/mol. The maximum absolute atomic E-state index is 4.15. The number of hydrogen-bond donors (Lipinski definition) is 1. The Balaban J connectivity index is 2.79. The monoisotopic (exact) mass is 168 g/mol. The third kappa shape index (κ3) is 1.12. The minimum Gasteiger partial charge on any atom is -0.346 e. The molecule has 2 heterocycles. The second kappa shape index (κ2) is 3.03. The van der Waals surface area contributed by atoms with Crippen LogP contribution in [0.15, 0.2) is 24.5 Å². The molecular weight excluding hydrogens is 163 g/mol. The summed E-state index contributed by atoms with van der Waals surface area (Å²) in [6.45, 7) is 0. The van der Waals surface area contributed by atoms with Crippen LogP contribution in [0.2, 0.25) is 0 Å². The van der Waals surface area contributed by atoms with E-state index in [0.29, 0.717) is 0 Å². The van der Waals surface area contributed by atoms with Crippen LogP contribution in [0.1, 0.15) is 5.56 Å². The number of rotatable bonds is 0. The molecule has 2 radical (unpaired) electrons. The van der Waals surface area contributed by atoms with E-state index < -0.39 is 0 Å². The molecule has 3 heteroatoms. The second-order valence-corrected chi connectivity index (χ2v) is 2.66. The van der Waals surface area contributed by atoms with Crippen molar-refractivity contribution < 1.29 is 0 Å². The zero-order valence-electron chi connectivity index (χ0n) is 6.33. The molecule has 12 heavy (non-hydrogen) atoms. The maximum atomic E-state index is 4.15. The first-order chi connectivity index (χ1) is 5.92. The molecule has 2 aromatic rings. The van der Waals surface area contributed by atoms with Gasteiger partial charge in [-0.2, -0.15) is 0 Å². The highest BCUT2D eigenvalue weighted by Gasteiger charge is 1.97. The number of pyridine rings is 1. The summed E-state index contributed by atoms with van der Waals surface area (Å²) < 4.78 is 0. The molecule has 0 fully saturated rings. The molecule has 0 aliphatic carbocycles. The Labute approximate surface area is 78.4 Å². The Morgan fingerprint density at radius 2 is 2.33 bits per heavy atom. The van der Waals surface area contributed by atoms with Crippen LogP contribution in [0.4, 0.5) is 0 Å². The number of H-pyrrole nitrogens is 1. The van der Waals surface area contributed by atoms with Gasteiger partial charge >= 0.3 is 0 Å². The highest BCUT2D eigenvalue weighted by atomic mass is 27.0. The number of aromatic amines is 1. The number of fused-ring (bicyclic) bond motifs is 1. The summed E-state index contributed by atoms with van der Waals surface area (Å²) in [5.41, 5.74) is 1.90. The Morgan fingerprint density at radius 3 is 3.17 bits per heavy atom. The Hall–Kier alpha value is -1.22. The third-order valence-electron chi connectivity index (χ3n) is 1.67. The lowest BCUT2D eigenvalue weighted by atomic mass is 10.2. The van der Waals surface area contributed by atoms with Crippen LogP contribution in [-0.2, 0) is 0 Å². The molecule has 0 unspecified atom stereocenters. The van der Waals surface area contributed by atoms with Crippen LogP contribution in [0.3, 0.4) is 0 Å². The lowest BCUT2D eigenvalue weighted by Gasteiger charge is -1.91. The molecule has 0 aliphatic rings. The number of aromatic nitrogens is 2. The fourth-order valence-electron chi connectivity index (χ4n) is 1.15. The number of nitrogens with one attached hydrogen (secondary N) is 1. The molecule has 2 aromatic heterocycles. The van der Waals surface area contributed by atoms with Crippen molar-refractivity contribution in [3.05, 3.63) is 30.1 Å². The first-order valence-corrected chi connectivity index (χ1v) is 4.13. The Bertz CT molecular complexity index is 462. The van der Waals surface area contributed by atoms with Crippen LogP contribution in [0.5, 0.6) is 0 Å². The summed E-state index contributed by atoms with van der Waals surface area (Å²) in [6.07, 6.45) is 3.62. The van der Waals surface area contributed by atoms with Crippen molar-refractivity contribution in [1.82, 2.24) is 9.97 Å². The zero-order valence-corrected chi connectivity index (χ0v) is 7.49. The van der Waals surface area contributed by atoms with E-state index in [-0.39, 0.29) is 0 Å². The van der Waals surface area contributed by atoms with Gasteiger partial charge in [0.25, 0.3) is 16.3 Å². The summed E-state index contributed by atoms with van der Waals surface area (Å²) in [6, 6.07) is 3.89. The van der Waals surface area contributed by atoms with Gasteiger partial charge in [0.1, 0.15) is 5.65 Å². The summed E-state index contributed by atoms with van der Waals surface area (Å²) in [5.74, 6) is 2.99. The molecular formula is C9H5AlN2. The van der Waals surface area contributed by atoms with Gasteiger partial charge in [0.15, 0.2) is 0 Å². The average Bonchev–Trinajstić information content (AvgIpc) is 2.53. The second-order valence-electron chi connectivity index (χ2n) is 2.37. The first kappa shape index (κ1) is 7.43. The molecule has 1 N–H and O–H groups in total. The smallest absolute Gasteiger partial charge is 0.264 e. The van der Waals surface area contributed by atoms with Crippen molar-refractivity contribution in [3.63, 3.8) is 0 Å². The van der Waals surface area contributed by atoms with Gasteiger partial charge in [-0.05, 0) is 12.1 Å². The Morgan fingerprint density at radius 1 is 1.42 bits per heavy atom. The van der Waals surface area contributed by atoms with Gasteiger partial charge in [-0.1, -0.05) is 5.92 Å². The third-order valence-corrected chi connectivity index (χ3v) is 1.81. The molecule has 0 amide bonds. The summed E-state index contributed by atoms with van der Waals surface area (Å²) >= 11 is 2.38. The Kier molecular flexibility index (Phi) is 1.88. The molecule has 0 saturated carbocycles. The van der Waals surface area contributed by atoms with Crippen LogP contribution < -0.4 is 0 Å². The topological polar surface area (TPSA) is 28.7 Å². The van der Waals surface area contributed by atoms with Crippen molar-refractivity contribution >= 4 is 27.3 Å². The molecule has 54 valence electrons. The molecule has 0 spiro atoms. The fourth-order valence-corrected chi connectivity index (χ4v) is 1.30. The van der Waals surface area contributed by atoms with Crippen molar-refractivity contribution in [2.45, 2.75) is 0 Å². The molecule has 2 nitrogen and oxygen atoms in total. The normalized spacial score (nSPS) is 9.33. The summed E-state index contributed by atoms with van der Waals surface area (Å²) in [7, 11) is 0. The molecule has 0 bridgehead atoms. The summed E-state index contributed by atoms with van der Waals surface area (Å²) in [5, 5.41) is 1.08. The van der Waals surface area contributed by atoms with Crippen LogP contribution in [-0.4, -0.2) is 26.3 Å². The SMILES string of the molecule is [Al][C]#Cc1ccnc2[nH]ccc12. The predicted octanol–water partition coefficient (Wildman–Crippen LogP) is 1.04. The van der Waals surface area contributed by atoms with Gasteiger partial charge in [-0.25, -0.2) is 9.77 Å². The highest BCUT2D eigenvalue weighted by Crippen LogP contribution is 2.13. The zero-order chi connectivity index (χ0) is 8.39. The van der Waals surface area contributed by atoms with Gasteiger partial charge in [0, 0.05) is 23.3 Å². The molecule has 0 aromatic carbocycles. The lowest BCUT2D eigenvalue weighted by Crippen LogP contribution is -1.79. The van der Waals surface area contributed by atoms with Crippen molar-refractivity contribution in [2.75, 3.05) is 0 Å². The van der Waals surface area contributed by atoms with Gasteiger partial charge < -0.3 is 4.98 Å². The molecule has 2 rings (SSSR count). The first-order valence-electron chi connectivity index (χ1n) is 3.55. The van der Waals surface area contributed by atoms with E-state index in [9.17, 15) is 0 Å². The maximum Gasteiger partial charge on any atom is 0.264 e. The van der Waals surface area contributed by atoms with Crippen LogP contribution in [0, 0.1) is 10.7 Å². The van der Waals surface area contributed by atoms with E-state index in [1.165, 1.54) is 0 Å². The van der Waals surface area contributed by atoms with Gasteiger partial charge in [-0.3, -0.25) is 0 Å². The number of hydrogen-bond acceptors (Lipinski definition) is 1. The van der Waals surface area contributed by atoms with Gasteiger partial charge in [0.2, 0.25) is 0 Å². The van der Waals surface area contributed by atoms with E-state index in [1.807, 2.05) is 18.3 Å². The fraction of sp³-hybridized carbons (Fsp3) is 0. The van der Waals surface area contributed by atoms with E-state index >= 15 is 0 Å². The van der Waals surface area contributed by atoms with Crippen molar-refractivity contribution in [3.8, 4) is 10.7 Å². The van der Waals surface area contributed by atoms with E-state index in [1.54, 1.807) is 6.20 Å². The highest BCUT2D eigenvalue weighted by molar-refractivity contribution is 6.22. The molecule has 0 saturated heterocycles. The molecule has 0 atom stereocenters. The minimum absolute atomic E-state index is 0.889. The standard InChI is InChI=1S/C9H5N2.Al/c1-2-7-3-5-10-9-8(7)4-6-11-9;/h3-6H,(H,10,11);. The van der Waals surface area contributed by atoms with E-state index in [4.69, 9.17) is 0 Å². The number of nitrogens with zero attached hydrogens (tertiary/aromatic N) is 1. The van der Waals surface area contributed by atoms with Crippen LogP contribution >= 0.6 is 0 Å². The van der Waals surface area contributed by atoms with Crippen LogP contribution in [0.25, 0.3) is 11.0 Å². The minimum atomic E-state index is 0.889. The predicted molar refractivity (Wildman–Crippen MR) is 48.7 cm³/mol. The quantitative estimate of drug-likeness (QED) is 0.462. The van der Waals surface area contributed by atoms with Crippen molar-refractivity contribution in [2.24, 2.45) is 0 Å².